The first-order chi connectivity index (χ1) is 15.6. The van der Waals surface area contributed by atoms with Crippen LogP contribution >= 0.6 is 11.3 Å². The summed E-state index contributed by atoms with van der Waals surface area (Å²) in [5.41, 5.74) is 4.41. The Morgan fingerprint density at radius 1 is 0.938 bits per heavy atom. The van der Waals surface area contributed by atoms with Crippen molar-refractivity contribution in [1.82, 2.24) is 18.7 Å². The van der Waals surface area contributed by atoms with Crippen LogP contribution in [0.25, 0.3) is 22.1 Å². The van der Waals surface area contributed by atoms with E-state index in [4.69, 9.17) is 0 Å². The highest BCUT2D eigenvalue weighted by molar-refractivity contribution is 7.17. The lowest BCUT2D eigenvalue weighted by Gasteiger charge is -2.08. The number of hydrogen-bond acceptors (Lipinski definition) is 4. The van der Waals surface area contributed by atoms with Gasteiger partial charge in [-0.05, 0) is 40.1 Å². The van der Waals surface area contributed by atoms with Gasteiger partial charge >= 0.3 is 5.69 Å². The molecule has 5 aromatic rings. The Bertz CT molecular complexity index is 1550. The maximum Gasteiger partial charge on any atom is 0.352 e. The molecular formula is C25H22N4O2S. The zero-order chi connectivity index (χ0) is 22.2. The summed E-state index contributed by atoms with van der Waals surface area (Å²) >= 11 is 1.35. The van der Waals surface area contributed by atoms with E-state index in [1.165, 1.54) is 21.6 Å². The van der Waals surface area contributed by atoms with Crippen LogP contribution in [0, 0.1) is 0 Å². The van der Waals surface area contributed by atoms with Crippen molar-refractivity contribution in [1.29, 1.82) is 0 Å². The van der Waals surface area contributed by atoms with Gasteiger partial charge in [-0.3, -0.25) is 9.36 Å². The van der Waals surface area contributed by atoms with Crippen molar-refractivity contribution in [2.24, 2.45) is 0 Å². The molecule has 0 amide bonds. The summed E-state index contributed by atoms with van der Waals surface area (Å²) in [6.07, 6.45) is 2.74. The predicted molar refractivity (Wildman–Crippen MR) is 130 cm³/mol. The molecule has 0 fully saturated rings. The summed E-state index contributed by atoms with van der Waals surface area (Å²) in [5.74, 6) is 0.355. The number of hydrogen-bond donors (Lipinski definition) is 0. The van der Waals surface area contributed by atoms with Crippen LogP contribution in [0.15, 0.2) is 76.1 Å². The third-order valence-electron chi connectivity index (χ3n) is 5.71. The number of rotatable bonds is 6. The van der Waals surface area contributed by atoms with E-state index in [-0.39, 0.29) is 11.2 Å². The Kier molecular flexibility index (Phi) is 5.11. The number of aryl methyl sites for hydroxylation is 1. The van der Waals surface area contributed by atoms with Gasteiger partial charge in [-0.1, -0.05) is 68.1 Å². The second kappa shape index (κ2) is 8.09. The average molecular weight is 443 g/mol. The van der Waals surface area contributed by atoms with Crippen LogP contribution in [0.3, 0.4) is 0 Å². The van der Waals surface area contributed by atoms with Gasteiger partial charge in [0, 0.05) is 0 Å². The molecule has 0 saturated heterocycles. The van der Waals surface area contributed by atoms with Gasteiger partial charge in [0.1, 0.15) is 4.70 Å². The number of aromatic nitrogens is 4. The Labute approximate surface area is 188 Å². The van der Waals surface area contributed by atoms with Crippen molar-refractivity contribution in [2.45, 2.75) is 26.4 Å². The van der Waals surface area contributed by atoms with E-state index >= 15 is 0 Å². The lowest BCUT2D eigenvalue weighted by molar-refractivity contribution is 0.654. The van der Waals surface area contributed by atoms with E-state index in [2.05, 4.69) is 30.7 Å². The highest BCUT2D eigenvalue weighted by Gasteiger charge is 2.18. The molecule has 6 nitrogen and oxygen atoms in total. The Hall–Kier alpha value is -3.71. The fraction of sp³-hybridized carbons (Fsp3) is 0.160. The average Bonchev–Trinajstić information content (AvgIpc) is 3.43. The summed E-state index contributed by atoms with van der Waals surface area (Å²) < 4.78 is 5.12. The highest BCUT2D eigenvalue weighted by atomic mass is 32.1. The Balaban J connectivity index is 1.65. The van der Waals surface area contributed by atoms with E-state index in [1.807, 2.05) is 41.8 Å². The van der Waals surface area contributed by atoms with E-state index < -0.39 is 0 Å². The zero-order valence-electron chi connectivity index (χ0n) is 17.7. The molecule has 0 N–H and O–H groups in total. The minimum atomic E-state index is -0.258. The first-order valence-electron chi connectivity index (χ1n) is 10.5. The quantitative estimate of drug-likeness (QED) is 0.396. The lowest BCUT2D eigenvalue weighted by Crippen LogP contribution is -2.26. The SMILES string of the molecule is C=Cc1ccc(Cn2nc3n(Cc4ccc(CC)cc4)c(=O)c4sccc4n3c2=O)cc1. The summed E-state index contributed by atoms with van der Waals surface area (Å²) in [6.45, 7) is 6.55. The first kappa shape index (κ1) is 20.2. The monoisotopic (exact) mass is 442 g/mol. The highest BCUT2D eigenvalue weighted by Crippen LogP contribution is 2.18. The molecule has 0 saturated carbocycles. The molecule has 32 heavy (non-hydrogen) atoms. The maximum atomic E-state index is 13.3. The van der Waals surface area contributed by atoms with Gasteiger partial charge in [0.25, 0.3) is 5.56 Å². The number of fused-ring (bicyclic) bond motifs is 3. The van der Waals surface area contributed by atoms with Crippen LogP contribution in [0.2, 0.25) is 0 Å². The third-order valence-corrected chi connectivity index (χ3v) is 6.60. The maximum absolute atomic E-state index is 13.3. The molecule has 160 valence electrons. The first-order valence-corrected chi connectivity index (χ1v) is 11.4. The smallest absolute Gasteiger partial charge is 0.271 e. The minimum Gasteiger partial charge on any atom is -0.271 e. The van der Waals surface area contributed by atoms with Crippen molar-refractivity contribution in [2.75, 3.05) is 0 Å². The van der Waals surface area contributed by atoms with Crippen molar-refractivity contribution >= 4 is 33.4 Å². The Morgan fingerprint density at radius 2 is 1.59 bits per heavy atom. The van der Waals surface area contributed by atoms with Gasteiger partial charge < -0.3 is 0 Å². The molecule has 0 spiro atoms. The number of benzene rings is 2. The third kappa shape index (κ3) is 3.40. The standard InChI is InChI=1S/C25H22N4O2S/c1-3-17-5-9-19(10-6-17)15-27-23(30)22-21(13-14-32-22)29-24(27)26-28(25(29)31)16-20-11-7-18(4-2)8-12-20/h4-14H,2-3,15-16H2,1H3. The topological polar surface area (TPSA) is 61.3 Å². The fourth-order valence-electron chi connectivity index (χ4n) is 3.87. The molecule has 5 rings (SSSR count). The fourth-order valence-corrected chi connectivity index (χ4v) is 4.70. The molecule has 0 aliphatic heterocycles. The molecule has 2 aromatic carbocycles. The minimum absolute atomic E-state index is 0.130. The summed E-state index contributed by atoms with van der Waals surface area (Å²) in [5, 5.41) is 6.42. The van der Waals surface area contributed by atoms with Gasteiger partial charge in [-0.25, -0.2) is 13.9 Å². The predicted octanol–water partition coefficient (Wildman–Crippen LogP) is 4.17. The van der Waals surface area contributed by atoms with Gasteiger partial charge in [0.15, 0.2) is 0 Å². The van der Waals surface area contributed by atoms with Crippen LogP contribution in [0.5, 0.6) is 0 Å². The van der Waals surface area contributed by atoms with Crippen molar-refractivity contribution < 1.29 is 0 Å². The van der Waals surface area contributed by atoms with Gasteiger partial charge in [0.2, 0.25) is 5.78 Å². The molecule has 0 atom stereocenters. The summed E-state index contributed by atoms with van der Waals surface area (Å²) in [4.78, 5) is 26.6. The normalized spacial score (nSPS) is 11.4. The van der Waals surface area contributed by atoms with Gasteiger partial charge in [-0.2, -0.15) is 0 Å². The summed E-state index contributed by atoms with van der Waals surface area (Å²) in [6, 6.07) is 17.8. The van der Waals surface area contributed by atoms with Crippen molar-refractivity contribution in [3.63, 3.8) is 0 Å². The van der Waals surface area contributed by atoms with E-state index in [1.54, 1.807) is 21.1 Å². The molecule has 3 aromatic heterocycles. The molecule has 0 radical (unpaired) electrons. The second-order valence-corrected chi connectivity index (χ2v) is 8.63. The van der Waals surface area contributed by atoms with E-state index in [0.29, 0.717) is 29.1 Å². The largest absolute Gasteiger partial charge is 0.352 e. The van der Waals surface area contributed by atoms with Crippen LogP contribution in [-0.4, -0.2) is 18.7 Å². The van der Waals surface area contributed by atoms with Crippen LogP contribution in [0.1, 0.15) is 29.2 Å². The number of nitrogens with zero attached hydrogens (tertiary/aromatic N) is 4. The van der Waals surface area contributed by atoms with Crippen molar-refractivity contribution in [3.05, 3.63) is 110 Å². The van der Waals surface area contributed by atoms with E-state index in [9.17, 15) is 9.59 Å². The van der Waals surface area contributed by atoms with E-state index in [0.717, 1.165) is 23.1 Å². The molecule has 0 aliphatic rings. The molecule has 3 heterocycles. The van der Waals surface area contributed by atoms with Crippen LogP contribution in [0.4, 0.5) is 0 Å². The van der Waals surface area contributed by atoms with Gasteiger partial charge in [-0.15, -0.1) is 16.4 Å². The Morgan fingerprint density at radius 3 is 2.28 bits per heavy atom. The molecule has 0 aliphatic carbocycles. The van der Waals surface area contributed by atoms with Crippen molar-refractivity contribution in [3.8, 4) is 0 Å². The van der Waals surface area contributed by atoms with Gasteiger partial charge in [0.05, 0.1) is 18.6 Å². The summed E-state index contributed by atoms with van der Waals surface area (Å²) in [7, 11) is 0. The second-order valence-electron chi connectivity index (χ2n) is 7.72. The molecule has 0 bridgehead atoms. The van der Waals surface area contributed by atoms with Crippen LogP contribution < -0.4 is 11.2 Å². The van der Waals surface area contributed by atoms with Crippen LogP contribution in [-0.2, 0) is 19.5 Å². The zero-order valence-corrected chi connectivity index (χ0v) is 18.5. The molecule has 7 heteroatoms. The molecule has 0 unspecified atom stereocenters. The number of thiophene rings is 1. The molecular weight excluding hydrogens is 420 g/mol. The lowest BCUT2D eigenvalue weighted by atomic mass is 10.1.